The lowest BCUT2D eigenvalue weighted by Crippen LogP contribution is -2.40. The van der Waals surface area contributed by atoms with Crippen LogP contribution < -0.4 is 5.32 Å². The van der Waals surface area contributed by atoms with Crippen LogP contribution in [-0.4, -0.2) is 32.0 Å². The molecule has 1 saturated carbocycles. The maximum atomic E-state index is 12.1. The van der Waals surface area contributed by atoms with E-state index >= 15 is 0 Å². The van der Waals surface area contributed by atoms with Gasteiger partial charge >= 0.3 is 0 Å². The number of carbonyl (C=O) groups excluding carboxylic acids is 1. The molecule has 1 heterocycles. The summed E-state index contributed by atoms with van der Waals surface area (Å²) in [5, 5.41) is 11.6. The number of thioether (sulfide) groups is 1. The van der Waals surface area contributed by atoms with Gasteiger partial charge in [-0.2, -0.15) is 0 Å². The molecule has 1 aliphatic carbocycles. The standard InChI is InChI=1S/C12H20N4OS/c1-9(18-12-15-13-8-16(12)2)11(17)14-10-6-4-3-5-7-10/h8-10H,3-7H2,1-2H3,(H,14,17)/t9-/m0/s1. The van der Waals surface area contributed by atoms with Crippen molar-refractivity contribution in [2.45, 2.75) is 55.5 Å². The number of aryl methyl sites for hydroxylation is 1. The molecule has 0 aromatic carbocycles. The maximum absolute atomic E-state index is 12.1. The van der Waals surface area contributed by atoms with E-state index in [4.69, 9.17) is 0 Å². The molecule has 0 bridgehead atoms. The largest absolute Gasteiger partial charge is 0.352 e. The Morgan fingerprint density at radius 1 is 1.50 bits per heavy atom. The van der Waals surface area contributed by atoms with Gasteiger partial charge in [0.15, 0.2) is 5.16 Å². The fourth-order valence-corrected chi connectivity index (χ4v) is 2.96. The molecule has 1 N–H and O–H groups in total. The summed E-state index contributed by atoms with van der Waals surface area (Å²) in [7, 11) is 1.88. The van der Waals surface area contributed by atoms with E-state index in [2.05, 4.69) is 15.5 Å². The number of hydrogen-bond donors (Lipinski definition) is 1. The highest BCUT2D eigenvalue weighted by Gasteiger charge is 2.21. The van der Waals surface area contributed by atoms with Crippen LogP contribution in [-0.2, 0) is 11.8 Å². The number of rotatable bonds is 4. The first-order chi connectivity index (χ1) is 8.66. The Bertz CT molecular complexity index is 401. The monoisotopic (exact) mass is 268 g/mol. The van der Waals surface area contributed by atoms with E-state index in [9.17, 15) is 4.79 Å². The van der Waals surface area contributed by atoms with Crippen molar-refractivity contribution in [2.75, 3.05) is 0 Å². The van der Waals surface area contributed by atoms with E-state index < -0.39 is 0 Å². The summed E-state index contributed by atoms with van der Waals surface area (Å²) < 4.78 is 1.83. The molecule has 2 rings (SSSR count). The molecule has 6 heteroatoms. The van der Waals surface area contributed by atoms with Crippen LogP contribution in [0.2, 0.25) is 0 Å². The van der Waals surface area contributed by atoms with Crippen molar-refractivity contribution >= 4 is 17.7 Å². The molecule has 18 heavy (non-hydrogen) atoms. The van der Waals surface area contributed by atoms with Crippen LogP contribution in [0.5, 0.6) is 0 Å². The molecule has 1 amide bonds. The highest BCUT2D eigenvalue weighted by molar-refractivity contribution is 8.00. The molecule has 100 valence electrons. The summed E-state index contributed by atoms with van der Waals surface area (Å²) in [6, 6.07) is 0.369. The summed E-state index contributed by atoms with van der Waals surface area (Å²) in [6.45, 7) is 1.91. The number of carbonyl (C=O) groups is 1. The third-order valence-electron chi connectivity index (χ3n) is 3.27. The highest BCUT2D eigenvalue weighted by atomic mass is 32.2. The van der Waals surface area contributed by atoms with E-state index in [-0.39, 0.29) is 11.2 Å². The lowest BCUT2D eigenvalue weighted by Gasteiger charge is -2.24. The van der Waals surface area contributed by atoms with E-state index in [1.807, 2.05) is 18.5 Å². The Labute approximate surface area is 112 Å². The van der Waals surface area contributed by atoms with Crippen molar-refractivity contribution in [1.82, 2.24) is 20.1 Å². The molecule has 1 aromatic heterocycles. The Hall–Kier alpha value is -1.04. The SMILES string of the molecule is C[C@H](Sc1nncn1C)C(=O)NC1CCCCC1. The molecule has 5 nitrogen and oxygen atoms in total. The molecule has 0 radical (unpaired) electrons. The fourth-order valence-electron chi connectivity index (χ4n) is 2.16. The van der Waals surface area contributed by atoms with Gasteiger partial charge in [-0.25, -0.2) is 0 Å². The number of hydrogen-bond acceptors (Lipinski definition) is 4. The minimum atomic E-state index is -0.130. The third kappa shape index (κ3) is 3.48. The van der Waals surface area contributed by atoms with E-state index in [0.29, 0.717) is 6.04 Å². The zero-order valence-electron chi connectivity index (χ0n) is 10.9. The van der Waals surface area contributed by atoms with Crippen molar-refractivity contribution in [3.05, 3.63) is 6.33 Å². The molecule has 0 spiro atoms. The molecule has 0 unspecified atom stereocenters. The summed E-state index contributed by atoms with van der Waals surface area (Å²) in [4.78, 5) is 12.1. The van der Waals surface area contributed by atoms with Crippen LogP contribution >= 0.6 is 11.8 Å². The molecule has 0 saturated heterocycles. The second-order valence-corrected chi connectivity index (χ2v) is 6.14. The van der Waals surface area contributed by atoms with Gasteiger partial charge in [-0.15, -0.1) is 10.2 Å². The van der Waals surface area contributed by atoms with Gasteiger partial charge in [-0.3, -0.25) is 4.79 Å². The van der Waals surface area contributed by atoms with E-state index in [1.165, 1.54) is 31.0 Å². The van der Waals surface area contributed by atoms with Gasteiger partial charge < -0.3 is 9.88 Å². The smallest absolute Gasteiger partial charge is 0.233 e. The lowest BCUT2D eigenvalue weighted by atomic mass is 9.95. The lowest BCUT2D eigenvalue weighted by molar-refractivity contribution is -0.121. The first kappa shape index (κ1) is 13.4. The van der Waals surface area contributed by atoms with E-state index in [1.54, 1.807) is 6.33 Å². The minimum Gasteiger partial charge on any atom is -0.352 e. The van der Waals surface area contributed by atoms with Crippen LogP contribution in [0.4, 0.5) is 0 Å². The topological polar surface area (TPSA) is 59.8 Å². The summed E-state index contributed by atoms with van der Waals surface area (Å²) in [5.74, 6) is 0.106. The summed E-state index contributed by atoms with van der Waals surface area (Å²) in [6.07, 6.45) is 7.65. The fraction of sp³-hybridized carbons (Fsp3) is 0.750. The van der Waals surface area contributed by atoms with Crippen LogP contribution in [0.25, 0.3) is 0 Å². The van der Waals surface area contributed by atoms with E-state index in [0.717, 1.165) is 18.0 Å². The number of nitrogens with zero attached hydrogens (tertiary/aromatic N) is 3. The van der Waals surface area contributed by atoms with Gasteiger partial charge in [0.25, 0.3) is 0 Å². The van der Waals surface area contributed by atoms with Crippen molar-refractivity contribution in [3.8, 4) is 0 Å². The predicted molar refractivity (Wildman–Crippen MR) is 71.3 cm³/mol. The van der Waals surface area contributed by atoms with Gasteiger partial charge in [0, 0.05) is 13.1 Å². The number of aromatic nitrogens is 3. The quantitative estimate of drug-likeness (QED) is 0.845. The average molecular weight is 268 g/mol. The van der Waals surface area contributed by atoms with Crippen molar-refractivity contribution in [1.29, 1.82) is 0 Å². The third-order valence-corrected chi connectivity index (χ3v) is 4.42. The Kier molecular flexibility index (Phi) is 4.63. The Morgan fingerprint density at radius 2 is 2.22 bits per heavy atom. The molecule has 1 fully saturated rings. The van der Waals surface area contributed by atoms with Crippen LogP contribution in [0.15, 0.2) is 11.5 Å². The summed E-state index contributed by atoms with van der Waals surface area (Å²) in [5.41, 5.74) is 0. The van der Waals surface area contributed by atoms with Crippen molar-refractivity contribution < 1.29 is 4.79 Å². The van der Waals surface area contributed by atoms with Crippen molar-refractivity contribution in [3.63, 3.8) is 0 Å². The van der Waals surface area contributed by atoms with Crippen LogP contribution in [0, 0.1) is 0 Å². The molecule has 1 aliphatic rings. The molecule has 0 aliphatic heterocycles. The normalized spacial score (nSPS) is 18.6. The van der Waals surface area contributed by atoms with Gasteiger partial charge in [-0.1, -0.05) is 31.0 Å². The first-order valence-electron chi connectivity index (χ1n) is 6.48. The van der Waals surface area contributed by atoms with Gasteiger partial charge in [0.05, 0.1) is 5.25 Å². The average Bonchev–Trinajstić information content (AvgIpc) is 2.76. The van der Waals surface area contributed by atoms with Crippen LogP contribution in [0.3, 0.4) is 0 Å². The zero-order valence-corrected chi connectivity index (χ0v) is 11.7. The molecule has 1 atom stereocenters. The summed E-state index contributed by atoms with van der Waals surface area (Å²) >= 11 is 1.45. The predicted octanol–water partition coefficient (Wildman–Crippen LogP) is 1.74. The molecule has 1 aromatic rings. The molecular formula is C12H20N4OS. The Morgan fingerprint density at radius 3 is 2.83 bits per heavy atom. The second-order valence-electron chi connectivity index (χ2n) is 4.83. The number of nitrogens with one attached hydrogen (secondary N) is 1. The Balaban J connectivity index is 1.83. The first-order valence-corrected chi connectivity index (χ1v) is 7.36. The number of amides is 1. The molecular weight excluding hydrogens is 248 g/mol. The minimum absolute atomic E-state index is 0.106. The van der Waals surface area contributed by atoms with Crippen LogP contribution in [0.1, 0.15) is 39.0 Å². The second kappa shape index (κ2) is 6.22. The van der Waals surface area contributed by atoms with Crippen molar-refractivity contribution in [2.24, 2.45) is 7.05 Å². The maximum Gasteiger partial charge on any atom is 0.233 e. The zero-order chi connectivity index (χ0) is 13.0. The highest BCUT2D eigenvalue weighted by Crippen LogP contribution is 2.22. The van der Waals surface area contributed by atoms with Gasteiger partial charge in [0.2, 0.25) is 5.91 Å². The van der Waals surface area contributed by atoms with Gasteiger partial charge in [-0.05, 0) is 19.8 Å². The van der Waals surface area contributed by atoms with Gasteiger partial charge in [0.1, 0.15) is 6.33 Å².